The maximum atomic E-state index is 14.2. The minimum Gasteiger partial charge on any atom is -0.490 e. The molecule has 4 atom stereocenters. The summed E-state index contributed by atoms with van der Waals surface area (Å²) in [7, 11) is -2.24. The normalized spacial score (nSPS) is 21.1. The lowest BCUT2D eigenvalue weighted by atomic mass is 10.0. The number of carbonyl (C=O) groups is 2. The Hall–Kier alpha value is -3.19. The molecule has 2 aromatic rings. The highest BCUT2D eigenvalue weighted by molar-refractivity contribution is 7.89. The lowest BCUT2D eigenvalue weighted by molar-refractivity contribution is -0.00833. The van der Waals surface area contributed by atoms with Crippen molar-refractivity contribution >= 4 is 27.6 Å². The second-order valence-electron chi connectivity index (χ2n) is 12.4. The average molecular weight is 647 g/mol. The molecule has 1 aliphatic rings. The number of anilines is 1. The highest BCUT2D eigenvalue weighted by Crippen LogP contribution is 2.29. The van der Waals surface area contributed by atoms with E-state index in [1.807, 2.05) is 34.6 Å². The van der Waals surface area contributed by atoms with Crippen molar-refractivity contribution in [2.75, 3.05) is 38.7 Å². The summed E-state index contributed by atoms with van der Waals surface area (Å²) >= 11 is 0. The van der Waals surface area contributed by atoms with Gasteiger partial charge >= 0.3 is 6.03 Å². The smallest absolute Gasteiger partial charge is 0.319 e. The largest absolute Gasteiger partial charge is 0.490 e. The third-order valence-corrected chi connectivity index (χ3v) is 9.73. The zero-order valence-electron chi connectivity index (χ0n) is 27.6. The van der Waals surface area contributed by atoms with Crippen LogP contribution in [0.3, 0.4) is 0 Å². The molecule has 250 valence electrons. The molecule has 0 bridgehead atoms. The van der Waals surface area contributed by atoms with Crippen LogP contribution in [-0.4, -0.2) is 92.3 Å². The van der Waals surface area contributed by atoms with E-state index in [-0.39, 0.29) is 54.1 Å². The van der Waals surface area contributed by atoms with E-state index in [2.05, 4.69) is 10.6 Å². The molecule has 45 heavy (non-hydrogen) atoms. The predicted molar refractivity (Wildman–Crippen MR) is 175 cm³/mol. The SMILES string of the molecule is Cc1ccc(S(=O)(=O)N(C)C[C@H]2OCCCC[C@@H](C)Oc3ccc(NC(=O)NC(C)C)cc3C(=O)N([C@@H](C)CO)C[C@@H]2C)cc1. The van der Waals surface area contributed by atoms with Gasteiger partial charge in [0.1, 0.15) is 5.75 Å². The lowest BCUT2D eigenvalue weighted by Crippen LogP contribution is -2.48. The summed E-state index contributed by atoms with van der Waals surface area (Å²) in [5.74, 6) is -0.295. The fraction of sp³-hybridized carbons (Fsp3) is 0.576. The molecule has 0 unspecified atom stereocenters. The molecule has 0 aromatic heterocycles. The molecule has 0 aliphatic carbocycles. The number of hydrogen-bond donors (Lipinski definition) is 3. The number of sulfonamides is 1. The van der Waals surface area contributed by atoms with Crippen LogP contribution in [0.4, 0.5) is 10.5 Å². The Morgan fingerprint density at radius 2 is 1.80 bits per heavy atom. The minimum atomic E-state index is -3.78. The molecular formula is C33H50N4O7S. The highest BCUT2D eigenvalue weighted by Gasteiger charge is 2.32. The predicted octanol–water partition coefficient (Wildman–Crippen LogP) is 4.64. The summed E-state index contributed by atoms with van der Waals surface area (Å²) in [4.78, 5) is 28.4. The molecule has 0 spiro atoms. The van der Waals surface area contributed by atoms with Crippen molar-refractivity contribution in [3.8, 4) is 5.75 Å². The number of carbonyl (C=O) groups excluding carboxylic acids is 2. The van der Waals surface area contributed by atoms with Crippen LogP contribution in [0.2, 0.25) is 0 Å². The topological polar surface area (TPSA) is 138 Å². The van der Waals surface area contributed by atoms with Crippen LogP contribution >= 0.6 is 0 Å². The number of benzene rings is 2. The van der Waals surface area contributed by atoms with Gasteiger partial charge in [0, 0.05) is 44.4 Å². The Morgan fingerprint density at radius 3 is 2.44 bits per heavy atom. The van der Waals surface area contributed by atoms with Gasteiger partial charge in [0.25, 0.3) is 5.91 Å². The van der Waals surface area contributed by atoms with Gasteiger partial charge in [-0.1, -0.05) is 24.6 Å². The van der Waals surface area contributed by atoms with Gasteiger partial charge in [0.15, 0.2) is 0 Å². The number of fused-ring (bicyclic) bond motifs is 1. The highest BCUT2D eigenvalue weighted by atomic mass is 32.2. The van der Waals surface area contributed by atoms with Gasteiger partial charge in [-0.3, -0.25) is 4.79 Å². The van der Waals surface area contributed by atoms with Crippen LogP contribution < -0.4 is 15.4 Å². The van der Waals surface area contributed by atoms with E-state index in [0.29, 0.717) is 24.5 Å². The molecule has 3 amide bonds. The van der Waals surface area contributed by atoms with Gasteiger partial charge in [-0.2, -0.15) is 4.31 Å². The molecule has 0 saturated carbocycles. The summed E-state index contributed by atoms with van der Waals surface area (Å²) < 4.78 is 40.7. The van der Waals surface area contributed by atoms with Crippen LogP contribution in [0.5, 0.6) is 5.75 Å². The molecule has 2 aromatic carbocycles. The summed E-state index contributed by atoms with van der Waals surface area (Å²) in [6.07, 6.45) is 1.55. The maximum Gasteiger partial charge on any atom is 0.319 e. The van der Waals surface area contributed by atoms with Crippen molar-refractivity contribution < 1.29 is 32.6 Å². The molecule has 1 heterocycles. The molecule has 0 saturated heterocycles. The Bertz CT molecular complexity index is 1380. The molecule has 1 aliphatic heterocycles. The van der Waals surface area contributed by atoms with Crippen LogP contribution in [0.15, 0.2) is 47.4 Å². The van der Waals surface area contributed by atoms with Crippen molar-refractivity contribution in [2.24, 2.45) is 5.92 Å². The van der Waals surface area contributed by atoms with Gasteiger partial charge in [0.2, 0.25) is 10.0 Å². The van der Waals surface area contributed by atoms with Crippen LogP contribution in [0.25, 0.3) is 0 Å². The number of aryl methyl sites for hydroxylation is 1. The number of aliphatic hydroxyl groups excluding tert-OH is 1. The number of nitrogens with zero attached hydrogens (tertiary/aromatic N) is 2. The number of aliphatic hydroxyl groups is 1. The number of nitrogens with one attached hydrogen (secondary N) is 2. The van der Waals surface area contributed by atoms with Crippen molar-refractivity contribution in [3.63, 3.8) is 0 Å². The molecule has 0 radical (unpaired) electrons. The van der Waals surface area contributed by atoms with Gasteiger partial charge < -0.3 is 30.1 Å². The first-order valence-electron chi connectivity index (χ1n) is 15.7. The van der Waals surface area contributed by atoms with Crippen molar-refractivity contribution in [3.05, 3.63) is 53.6 Å². The molecular weight excluding hydrogens is 596 g/mol. The second-order valence-corrected chi connectivity index (χ2v) is 14.4. The summed E-state index contributed by atoms with van der Waals surface area (Å²) in [5, 5.41) is 15.7. The Kier molecular flexibility index (Phi) is 13.2. The number of rotatable bonds is 8. The first-order valence-corrected chi connectivity index (χ1v) is 17.1. The molecule has 3 rings (SSSR count). The molecule has 11 nitrogen and oxygen atoms in total. The van der Waals surface area contributed by atoms with E-state index in [4.69, 9.17) is 9.47 Å². The van der Waals surface area contributed by atoms with E-state index in [1.54, 1.807) is 54.3 Å². The van der Waals surface area contributed by atoms with Crippen molar-refractivity contribution in [1.29, 1.82) is 0 Å². The fourth-order valence-corrected chi connectivity index (χ4v) is 6.32. The first kappa shape index (κ1) is 36.3. The average Bonchev–Trinajstić information content (AvgIpc) is 2.98. The van der Waals surface area contributed by atoms with Gasteiger partial charge in [-0.05, 0) is 84.2 Å². The lowest BCUT2D eigenvalue weighted by Gasteiger charge is -2.35. The van der Waals surface area contributed by atoms with Crippen LogP contribution in [0.1, 0.15) is 69.8 Å². The fourth-order valence-electron chi connectivity index (χ4n) is 5.13. The molecule has 0 fully saturated rings. The zero-order valence-corrected chi connectivity index (χ0v) is 28.4. The summed E-state index contributed by atoms with van der Waals surface area (Å²) in [6.45, 7) is 11.6. The maximum absolute atomic E-state index is 14.2. The van der Waals surface area contributed by atoms with E-state index in [1.165, 1.54) is 11.4 Å². The summed E-state index contributed by atoms with van der Waals surface area (Å²) in [6, 6.07) is 10.7. The van der Waals surface area contributed by atoms with Crippen molar-refractivity contribution in [1.82, 2.24) is 14.5 Å². The Balaban J connectivity index is 1.96. The number of amides is 3. The van der Waals surface area contributed by atoms with E-state index >= 15 is 0 Å². The minimum absolute atomic E-state index is 0.0726. The first-order chi connectivity index (χ1) is 21.2. The number of likely N-dealkylation sites (N-methyl/N-ethyl adjacent to an activating group) is 1. The third-order valence-electron chi connectivity index (χ3n) is 7.90. The van der Waals surface area contributed by atoms with Gasteiger partial charge in [0.05, 0.1) is 35.3 Å². The van der Waals surface area contributed by atoms with Crippen LogP contribution in [-0.2, 0) is 14.8 Å². The Labute approximate surface area is 268 Å². The number of hydrogen-bond acceptors (Lipinski definition) is 7. The van der Waals surface area contributed by atoms with E-state index in [0.717, 1.165) is 18.4 Å². The van der Waals surface area contributed by atoms with Gasteiger partial charge in [-0.15, -0.1) is 0 Å². The summed E-state index contributed by atoms with van der Waals surface area (Å²) in [5.41, 5.74) is 1.64. The number of ether oxygens (including phenoxy) is 2. The van der Waals surface area contributed by atoms with Crippen molar-refractivity contribution in [2.45, 2.75) is 90.0 Å². The standard InChI is InChI=1S/C33H50N4O7S/c1-22(2)34-33(40)35-27-13-16-30-29(18-27)32(39)37(25(5)21-38)19-24(4)31(43-17-9-8-10-26(6)44-30)20-36(7)45(41,42)28-14-11-23(3)12-15-28/h11-16,18,22,24-26,31,38H,8-10,17,19-21H2,1-7H3,(H2,34,35,40)/t24-,25-,26+,31+/m0/s1. The van der Waals surface area contributed by atoms with E-state index < -0.39 is 28.2 Å². The zero-order chi connectivity index (χ0) is 33.3. The monoisotopic (exact) mass is 646 g/mol. The molecule has 3 N–H and O–H groups in total. The van der Waals surface area contributed by atoms with Gasteiger partial charge in [-0.25, -0.2) is 13.2 Å². The quantitative estimate of drug-likeness (QED) is 0.380. The number of urea groups is 1. The van der Waals surface area contributed by atoms with E-state index in [9.17, 15) is 23.1 Å². The second kappa shape index (κ2) is 16.4. The Morgan fingerprint density at radius 1 is 1.11 bits per heavy atom. The molecule has 12 heteroatoms. The third kappa shape index (κ3) is 10.2. The van der Waals surface area contributed by atoms with Crippen LogP contribution in [0, 0.1) is 12.8 Å².